The number of hydrogen-bond donors (Lipinski definition) is 2. The van der Waals surface area contributed by atoms with Crippen LogP contribution in [0.5, 0.6) is 0 Å². The van der Waals surface area contributed by atoms with Crippen molar-refractivity contribution < 1.29 is 0 Å². The standard InChI is InChI=1S/C17H34N2/c1-14(2)11-16-5-3-9-17(12-16,13-18)19-10-4-6-15-7-8-15/h14-16,19H,3-13,18H2,1-2H3. The van der Waals surface area contributed by atoms with Gasteiger partial charge in [-0.05, 0) is 56.4 Å². The smallest absolute Gasteiger partial charge is 0.0306 e. The Kier molecular flexibility index (Phi) is 5.70. The fourth-order valence-electron chi connectivity index (χ4n) is 3.92. The molecule has 2 aliphatic rings. The first-order chi connectivity index (χ1) is 9.13. The molecular formula is C17H34N2. The van der Waals surface area contributed by atoms with E-state index in [9.17, 15) is 0 Å². The summed E-state index contributed by atoms with van der Waals surface area (Å²) in [6.45, 7) is 6.71. The second-order valence-electron chi connectivity index (χ2n) is 7.59. The molecule has 0 amide bonds. The lowest BCUT2D eigenvalue weighted by molar-refractivity contribution is 0.167. The van der Waals surface area contributed by atoms with Crippen molar-refractivity contribution in [3.05, 3.63) is 0 Å². The van der Waals surface area contributed by atoms with E-state index in [1.807, 2.05) is 0 Å². The molecule has 0 aromatic carbocycles. The van der Waals surface area contributed by atoms with Gasteiger partial charge < -0.3 is 11.1 Å². The van der Waals surface area contributed by atoms with Gasteiger partial charge in [-0.1, -0.05) is 39.5 Å². The molecule has 2 atom stereocenters. The van der Waals surface area contributed by atoms with Gasteiger partial charge in [-0.25, -0.2) is 0 Å². The molecule has 0 spiro atoms. The van der Waals surface area contributed by atoms with Crippen LogP contribution in [0.25, 0.3) is 0 Å². The number of hydrogen-bond acceptors (Lipinski definition) is 2. The van der Waals surface area contributed by atoms with E-state index in [0.717, 1.165) is 24.3 Å². The number of nitrogens with two attached hydrogens (primary N) is 1. The van der Waals surface area contributed by atoms with Crippen LogP contribution in [0.2, 0.25) is 0 Å². The average molecular weight is 266 g/mol. The largest absolute Gasteiger partial charge is 0.329 e. The zero-order valence-electron chi connectivity index (χ0n) is 13.1. The van der Waals surface area contributed by atoms with E-state index in [1.54, 1.807) is 0 Å². The molecule has 0 aliphatic heterocycles. The summed E-state index contributed by atoms with van der Waals surface area (Å²) in [5.74, 6) is 2.79. The third kappa shape index (κ3) is 5.07. The molecule has 3 N–H and O–H groups in total. The van der Waals surface area contributed by atoms with E-state index in [4.69, 9.17) is 5.73 Å². The van der Waals surface area contributed by atoms with Crippen molar-refractivity contribution in [2.24, 2.45) is 23.5 Å². The van der Waals surface area contributed by atoms with Crippen molar-refractivity contribution in [1.82, 2.24) is 5.32 Å². The van der Waals surface area contributed by atoms with Crippen molar-refractivity contribution in [1.29, 1.82) is 0 Å². The van der Waals surface area contributed by atoms with Gasteiger partial charge in [-0.15, -0.1) is 0 Å². The molecule has 0 radical (unpaired) electrons. The molecule has 112 valence electrons. The molecule has 2 rings (SSSR count). The monoisotopic (exact) mass is 266 g/mol. The van der Waals surface area contributed by atoms with Crippen LogP contribution in [-0.4, -0.2) is 18.6 Å². The zero-order chi connectivity index (χ0) is 13.7. The van der Waals surface area contributed by atoms with Crippen LogP contribution in [-0.2, 0) is 0 Å². The molecule has 0 aromatic rings. The molecular weight excluding hydrogens is 232 g/mol. The molecule has 2 saturated carbocycles. The van der Waals surface area contributed by atoms with Crippen LogP contribution in [0.4, 0.5) is 0 Å². The highest BCUT2D eigenvalue weighted by Crippen LogP contribution is 2.36. The maximum absolute atomic E-state index is 6.12. The van der Waals surface area contributed by atoms with E-state index in [-0.39, 0.29) is 5.54 Å². The van der Waals surface area contributed by atoms with Gasteiger partial charge in [0.2, 0.25) is 0 Å². The van der Waals surface area contributed by atoms with Crippen LogP contribution in [0.3, 0.4) is 0 Å². The minimum Gasteiger partial charge on any atom is -0.329 e. The third-order valence-corrected chi connectivity index (χ3v) is 5.13. The lowest BCUT2D eigenvalue weighted by Gasteiger charge is -2.42. The minimum atomic E-state index is 0.265. The number of rotatable bonds is 8. The molecule has 0 saturated heterocycles. The van der Waals surface area contributed by atoms with Crippen LogP contribution < -0.4 is 11.1 Å². The molecule has 2 unspecified atom stereocenters. The second kappa shape index (κ2) is 7.08. The quantitative estimate of drug-likeness (QED) is 0.657. The fourth-order valence-corrected chi connectivity index (χ4v) is 3.92. The maximum Gasteiger partial charge on any atom is 0.0306 e. The van der Waals surface area contributed by atoms with E-state index in [1.165, 1.54) is 64.3 Å². The van der Waals surface area contributed by atoms with Gasteiger partial charge in [-0.2, -0.15) is 0 Å². The van der Waals surface area contributed by atoms with Crippen LogP contribution in [0.1, 0.15) is 71.6 Å². The third-order valence-electron chi connectivity index (χ3n) is 5.13. The Labute approximate surface area is 119 Å². The maximum atomic E-state index is 6.12. The summed E-state index contributed by atoms with van der Waals surface area (Å²) < 4.78 is 0. The Hall–Kier alpha value is -0.0800. The summed E-state index contributed by atoms with van der Waals surface area (Å²) in [5.41, 5.74) is 6.39. The fraction of sp³-hybridized carbons (Fsp3) is 1.00. The van der Waals surface area contributed by atoms with Gasteiger partial charge in [-0.3, -0.25) is 0 Å². The van der Waals surface area contributed by atoms with Crippen LogP contribution in [0.15, 0.2) is 0 Å². The first-order valence-electron chi connectivity index (χ1n) is 8.58. The van der Waals surface area contributed by atoms with Crippen molar-refractivity contribution in [3.8, 4) is 0 Å². The molecule has 0 bridgehead atoms. The first-order valence-corrected chi connectivity index (χ1v) is 8.58. The van der Waals surface area contributed by atoms with E-state index in [2.05, 4.69) is 19.2 Å². The average Bonchev–Trinajstić information content (AvgIpc) is 3.18. The molecule has 2 fully saturated rings. The Balaban J connectivity index is 1.74. The highest BCUT2D eigenvalue weighted by molar-refractivity contribution is 4.94. The molecule has 0 heterocycles. The van der Waals surface area contributed by atoms with Gasteiger partial charge in [0.1, 0.15) is 0 Å². The Bertz CT molecular complexity index is 260. The van der Waals surface area contributed by atoms with Crippen molar-refractivity contribution in [2.75, 3.05) is 13.1 Å². The summed E-state index contributed by atoms with van der Waals surface area (Å²) in [6, 6.07) is 0. The predicted molar refractivity (Wildman–Crippen MR) is 83.2 cm³/mol. The van der Waals surface area contributed by atoms with E-state index in [0.29, 0.717) is 0 Å². The SMILES string of the molecule is CC(C)CC1CCCC(CN)(NCCCC2CC2)C1. The summed E-state index contributed by atoms with van der Waals surface area (Å²) in [5, 5.41) is 3.85. The van der Waals surface area contributed by atoms with Crippen LogP contribution >= 0.6 is 0 Å². The number of nitrogens with one attached hydrogen (secondary N) is 1. The molecule has 2 nitrogen and oxygen atoms in total. The molecule has 2 aliphatic carbocycles. The summed E-state index contributed by atoms with van der Waals surface area (Å²) in [4.78, 5) is 0. The normalized spacial score (nSPS) is 31.9. The second-order valence-corrected chi connectivity index (χ2v) is 7.59. The highest BCUT2D eigenvalue weighted by atomic mass is 15.0. The molecule has 2 heteroatoms. The molecule has 19 heavy (non-hydrogen) atoms. The highest BCUT2D eigenvalue weighted by Gasteiger charge is 2.34. The lowest BCUT2D eigenvalue weighted by atomic mass is 9.73. The Morgan fingerprint density at radius 2 is 2.00 bits per heavy atom. The topological polar surface area (TPSA) is 38.0 Å². The predicted octanol–water partition coefficient (Wildman–Crippen LogP) is 3.70. The van der Waals surface area contributed by atoms with Gasteiger partial charge in [0.15, 0.2) is 0 Å². The van der Waals surface area contributed by atoms with Crippen molar-refractivity contribution in [2.45, 2.75) is 77.2 Å². The first kappa shape index (κ1) is 15.3. The zero-order valence-corrected chi connectivity index (χ0v) is 13.1. The summed E-state index contributed by atoms with van der Waals surface area (Å²) in [6.07, 6.45) is 12.5. The Morgan fingerprint density at radius 1 is 1.21 bits per heavy atom. The van der Waals surface area contributed by atoms with Gasteiger partial charge in [0.05, 0.1) is 0 Å². The summed E-state index contributed by atoms with van der Waals surface area (Å²) in [7, 11) is 0. The van der Waals surface area contributed by atoms with E-state index >= 15 is 0 Å². The lowest BCUT2D eigenvalue weighted by Crippen LogP contribution is -2.54. The van der Waals surface area contributed by atoms with Crippen molar-refractivity contribution in [3.63, 3.8) is 0 Å². The van der Waals surface area contributed by atoms with Gasteiger partial charge in [0, 0.05) is 12.1 Å². The Morgan fingerprint density at radius 3 is 2.63 bits per heavy atom. The van der Waals surface area contributed by atoms with Gasteiger partial charge >= 0.3 is 0 Å². The summed E-state index contributed by atoms with van der Waals surface area (Å²) >= 11 is 0. The van der Waals surface area contributed by atoms with Gasteiger partial charge in [0.25, 0.3) is 0 Å². The molecule has 0 aromatic heterocycles. The van der Waals surface area contributed by atoms with E-state index < -0.39 is 0 Å². The minimum absolute atomic E-state index is 0.265. The van der Waals surface area contributed by atoms with Crippen LogP contribution in [0, 0.1) is 17.8 Å². The van der Waals surface area contributed by atoms with Crippen molar-refractivity contribution >= 4 is 0 Å².